The minimum atomic E-state index is -0.726. The Morgan fingerprint density at radius 1 is 1.16 bits per heavy atom. The van der Waals surface area contributed by atoms with Crippen molar-refractivity contribution in [2.45, 2.75) is 31.4 Å². The number of aliphatic hydroxyl groups is 1. The summed E-state index contributed by atoms with van der Waals surface area (Å²) >= 11 is 1.65. The molecule has 0 saturated carbocycles. The Hall–Kier alpha value is -2.30. The molecule has 9 heteroatoms. The number of likely N-dealkylation sites (tertiary alicyclic amines) is 1. The molecular formula is C22H24N4O4S. The molecule has 2 aromatic heterocycles. The summed E-state index contributed by atoms with van der Waals surface area (Å²) in [7, 11) is 0. The van der Waals surface area contributed by atoms with Crippen molar-refractivity contribution >= 4 is 27.4 Å². The van der Waals surface area contributed by atoms with Crippen molar-refractivity contribution in [1.82, 2.24) is 14.9 Å². The zero-order valence-electron chi connectivity index (χ0n) is 17.0. The highest BCUT2D eigenvalue weighted by Gasteiger charge is 2.45. The van der Waals surface area contributed by atoms with Gasteiger partial charge in [-0.2, -0.15) is 0 Å². The third-order valence-corrected chi connectivity index (χ3v) is 7.19. The zero-order valence-corrected chi connectivity index (χ0v) is 17.8. The topological polar surface area (TPSA) is 91.2 Å². The molecule has 3 saturated heterocycles. The van der Waals surface area contributed by atoms with Gasteiger partial charge in [-0.05, 0) is 41.6 Å². The standard InChI is InChI=1S/C22H24N4O4S/c27-15-8-13(11-26-12-16-10-18(26)22(28)30-16)7-14(9-15)20-23-17-1-6-31-19(17)21(24-20)25-2-4-29-5-3-25/h1,6-9,16,18,22,27-28H,2-5,10-12H2/t16-,18-,22?/m1/s1. The second-order valence-corrected chi connectivity index (χ2v) is 9.29. The predicted molar refractivity (Wildman–Crippen MR) is 117 cm³/mol. The zero-order chi connectivity index (χ0) is 20.9. The molecule has 162 valence electrons. The Morgan fingerprint density at radius 3 is 2.84 bits per heavy atom. The number of thiophene rings is 1. The van der Waals surface area contributed by atoms with E-state index in [9.17, 15) is 10.2 Å². The SMILES string of the molecule is Oc1cc(CN2C[C@H]3C[C@@H]2C(O)O3)cc(-c2nc(N3CCOCC3)c3sccc3n2)c1. The highest BCUT2D eigenvalue weighted by Crippen LogP contribution is 2.35. The van der Waals surface area contributed by atoms with Crippen LogP contribution in [0.1, 0.15) is 12.0 Å². The first-order valence-electron chi connectivity index (χ1n) is 10.6. The van der Waals surface area contributed by atoms with E-state index in [0.717, 1.165) is 53.2 Å². The van der Waals surface area contributed by atoms with Gasteiger partial charge in [0.15, 0.2) is 17.9 Å². The van der Waals surface area contributed by atoms with Gasteiger partial charge in [-0.3, -0.25) is 4.90 Å². The number of ether oxygens (including phenoxy) is 2. The van der Waals surface area contributed by atoms with Crippen LogP contribution in [-0.2, 0) is 16.0 Å². The number of morpholine rings is 2. The van der Waals surface area contributed by atoms with Crippen molar-refractivity contribution in [3.8, 4) is 17.1 Å². The number of aromatic hydroxyl groups is 1. The van der Waals surface area contributed by atoms with Crippen LogP contribution in [-0.4, -0.2) is 76.4 Å². The van der Waals surface area contributed by atoms with E-state index in [1.54, 1.807) is 23.5 Å². The molecule has 0 amide bonds. The molecule has 1 unspecified atom stereocenters. The van der Waals surface area contributed by atoms with Crippen molar-refractivity contribution in [3.05, 3.63) is 35.2 Å². The second-order valence-electron chi connectivity index (χ2n) is 8.37. The number of hydrogen-bond donors (Lipinski definition) is 2. The van der Waals surface area contributed by atoms with Crippen molar-refractivity contribution in [2.75, 3.05) is 37.7 Å². The highest BCUT2D eigenvalue weighted by atomic mass is 32.1. The van der Waals surface area contributed by atoms with E-state index >= 15 is 0 Å². The largest absolute Gasteiger partial charge is 0.508 e. The molecular weight excluding hydrogens is 416 g/mol. The smallest absolute Gasteiger partial charge is 0.170 e. The lowest BCUT2D eigenvalue weighted by atomic mass is 10.1. The number of hydrogen-bond acceptors (Lipinski definition) is 9. The first kappa shape index (κ1) is 19.4. The van der Waals surface area contributed by atoms with Crippen molar-refractivity contribution in [3.63, 3.8) is 0 Å². The summed E-state index contributed by atoms with van der Waals surface area (Å²) in [6.45, 7) is 4.42. The lowest BCUT2D eigenvalue weighted by molar-refractivity contribution is -0.150. The van der Waals surface area contributed by atoms with Crippen LogP contribution in [0.15, 0.2) is 29.6 Å². The molecule has 31 heavy (non-hydrogen) atoms. The summed E-state index contributed by atoms with van der Waals surface area (Å²) in [6.07, 6.45) is 0.223. The molecule has 2 N–H and O–H groups in total. The van der Waals surface area contributed by atoms with Gasteiger partial charge < -0.3 is 24.6 Å². The van der Waals surface area contributed by atoms with Crippen LogP contribution >= 0.6 is 11.3 Å². The first-order valence-corrected chi connectivity index (χ1v) is 11.5. The number of anilines is 1. The summed E-state index contributed by atoms with van der Waals surface area (Å²) in [5.74, 6) is 1.73. The van der Waals surface area contributed by atoms with Crippen LogP contribution in [0.3, 0.4) is 0 Å². The number of benzene rings is 1. The molecule has 3 atom stereocenters. The molecule has 0 spiro atoms. The van der Waals surface area contributed by atoms with Gasteiger partial charge in [0.25, 0.3) is 0 Å². The van der Waals surface area contributed by atoms with E-state index in [4.69, 9.17) is 19.4 Å². The fourth-order valence-electron chi connectivity index (χ4n) is 4.85. The van der Waals surface area contributed by atoms with Gasteiger partial charge in [-0.1, -0.05) is 0 Å². The second kappa shape index (κ2) is 7.68. The van der Waals surface area contributed by atoms with Crippen LogP contribution in [0.5, 0.6) is 5.75 Å². The number of phenols is 1. The van der Waals surface area contributed by atoms with Crippen LogP contribution in [0.2, 0.25) is 0 Å². The van der Waals surface area contributed by atoms with Crippen LogP contribution in [0.25, 0.3) is 21.6 Å². The van der Waals surface area contributed by atoms with Gasteiger partial charge in [0, 0.05) is 31.7 Å². The third-order valence-electron chi connectivity index (χ3n) is 6.29. The predicted octanol–water partition coefficient (Wildman–Crippen LogP) is 2.19. The maximum atomic E-state index is 10.4. The minimum absolute atomic E-state index is 0.0159. The summed E-state index contributed by atoms with van der Waals surface area (Å²) in [5.41, 5.74) is 2.67. The normalized spacial score (nSPS) is 26.2. The van der Waals surface area contributed by atoms with Crippen LogP contribution in [0, 0.1) is 0 Å². The van der Waals surface area contributed by atoms with Crippen molar-refractivity contribution in [2.24, 2.45) is 0 Å². The quantitative estimate of drug-likeness (QED) is 0.638. The number of aliphatic hydroxyl groups excluding tert-OH is 1. The van der Waals surface area contributed by atoms with Gasteiger partial charge in [0.05, 0.1) is 35.6 Å². The first-order chi connectivity index (χ1) is 15.1. The number of nitrogens with zero attached hydrogens (tertiary/aromatic N) is 4. The van der Waals surface area contributed by atoms with E-state index in [0.29, 0.717) is 25.6 Å². The average Bonchev–Trinajstić information content (AvgIpc) is 3.48. The van der Waals surface area contributed by atoms with E-state index < -0.39 is 6.29 Å². The fourth-order valence-corrected chi connectivity index (χ4v) is 5.70. The number of fused-ring (bicyclic) bond motifs is 3. The molecule has 3 aliphatic heterocycles. The summed E-state index contributed by atoms with van der Waals surface area (Å²) in [5, 5.41) is 22.5. The molecule has 3 fully saturated rings. The van der Waals surface area contributed by atoms with Gasteiger partial charge in [0.2, 0.25) is 0 Å². The van der Waals surface area contributed by atoms with Gasteiger partial charge in [-0.25, -0.2) is 9.97 Å². The lowest BCUT2D eigenvalue weighted by Crippen LogP contribution is -2.42. The molecule has 5 heterocycles. The molecule has 3 aliphatic rings. The number of rotatable bonds is 4. The molecule has 6 rings (SSSR count). The Bertz CT molecular complexity index is 1120. The average molecular weight is 441 g/mol. The summed E-state index contributed by atoms with van der Waals surface area (Å²) < 4.78 is 12.1. The maximum Gasteiger partial charge on any atom is 0.170 e. The Kier molecular flexibility index (Phi) is 4.81. The molecule has 0 radical (unpaired) electrons. The Labute approximate surface area is 183 Å². The lowest BCUT2D eigenvalue weighted by Gasteiger charge is -2.30. The number of aromatic nitrogens is 2. The van der Waals surface area contributed by atoms with Gasteiger partial charge >= 0.3 is 0 Å². The Morgan fingerprint density at radius 2 is 2.03 bits per heavy atom. The summed E-state index contributed by atoms with van der Waals surface area (Å²) in [4.78, 5) is 14.2. The van der Waals surface area contributed by atoms with E-state index in [-0.39, 0.29) is 17.9 Å². The molecule has 0 aliphatic carbocycles. The monoisotopic (exact) mass is 440 g/mol. The van der Waals surface area contributed by atoms with Crippen LogP contribution < -0.4 is 4.90 Å². The third kappa shape index (κ3) is 3.56. The Balaban J connectivity index is 1.35. The molecule has 3 aromatic rings. The molecule has 2 bridgehead atoms. The molecule has 1 aromatic carbocycles. The molecule has 8 nitrogen and oxygen atoms in total. The van der Waals surface area contributed by atoms with Crippen molar-refractivity contribution in [1.29, 1.82) is 0 Å². The van der Waals surface area contributed by atoms with Crippen molar-refractivity contribution < 1.29 is 19.7 Å². The minimum Gasteiger partial charge on any atom is -0.508 e. The van der Waals surface area contributed by atoms with Gasteiger partial charge in [0.1, 0.15) is 5.75 Å². The summed E-state index contributed by atoms with van der Waals surface area (Å²) in [6, 6.07) is 7.56. The number of phenolic OH excluding ortho intramolecular Hbond substituents is 1. The van der Waals surface area contributed by atoms with Crippen LogP contribution in [0.4, 0.5) is 5.82 Å². The maximum absolute atomic E-state index is 10.4. The fraction of sp³-hybridized carbons (Fsp3) is 0.455. The van der Waals surface area contributed by atoms with E-state index in [2.05, 4.69) is 9.80 Å². The van der Waals surface area contributed by atoms with E-state index in [1.807, 2.05) is 17.5 Å². The van der Waals surface area contributed by atoms with E-state index in [1.165, 1.54) is 0 Å². The van der Waals surface area contributed by atoms with Gasteiger partial charge in [-0.15, -0.1) is 11.3 Å². The highest BCUT2D eigenvalue weighted by molar-refractivity contribution is 7.17.